The molecule has 152 valence electrons. The van der Waals surface area contributed by atoms with E-state index in [4.69, 9.17) is 22.1 Å². The molecule has 1 aromatic heterocycles. The molecule has 0 radical (unpaired) electrons. The Morgan fingerprint density at radius 2 is 1.61 bits per heavy atom. The van der Waals surface area contributed by atoms with E-state index in [2.05, 4.69) is 4.57 Å². The molecule has 0 spiro atoms. The minimum Gasteiger partial charge on any atom is -0.457 e. The van der Waals surface area contributed by atoms with Crippen molar-refractivity contribution in [3.63, 3.8) is 0 Å². The smallest absolute Gasteiger partial charge is 0.249 e. The van der Waals surface area contributed by atoms with Crippen LogP contribution in [0.4, 0.5) is 0 Å². The SMILES string of the molecule is NC(=O)c1cccc2c1c1cccc(Cl)c1n2Cc1ccccc1Oc1ccccc1. The standard InChI is InChI=1S/C26H19ClN2O2/c27-21-13-6-11-19-24-20(26(28)30)12-7-14-22(24)29(25(19)21)16-17-8-4-5-15-23(17)31-18-9-2-1-3-10-18/h1-15H,16H2,(H2,28,30). The molecule has 0 saturated carbocycles. The van der Waals surface area contributed by atoms with E-state index < -0.39 is 5.91 Å². The van der Waals surface area contributed by atoms with Crippen molar-refractivity contribution in [3.05, 3.63) is 107 Å². The Bertz CT molecular complexity index is 1420. The van der Waals surface area contributed by atoms with Crippen LogP contribution in [0.3, 0.4) is 0 Å². The number of primary amides is 1. The second-order valence-electron chi connectivity index (χ2n) is 7.31. The number of amides is 1. The predicted molar refractivity (Wildman–Crippen MR) is 125 cm³/mol. The molecular weight excluding hydrogens is 408 g/mol. The fourth-order valence-electron chi connectivity index (χ4n) is 4.05. The van der Waals surface area contributed by atoms with Crippen molar-refractivity contribution in [1.29, 1.82) is 0 Å². The Kier molecular flexibility index (Phi) is 4.85. The lowest BCUT2D eigenvalue weighted by molar-refractivity contribution is 0.100. The molecule has 0 aliphatic heterocycles. The molecule has 4 nitrogen and oxygen atoms in total. The molecule has 0 unspecified atom stereocenters. The average molecular weight is 427 g/mol. The van der Waals surface area contributed by atoms with Crippen LogP contribution in [-0.4, -0.2) is 10.5 Å². The number of rotatable bonds is 5. The second-order valence-corrected chi connectivity index (χ2v) is 7.72. The summed E-state index contributed by atoms with van der Waals surface area (Å²) in [5.41, 5.74) is 8.92. The lowest BCUT2D eigenvalue weighted by Gasteiger charge is -2.14. The lowest BCUT2D eigenvalue weighted by Crippen LogP contribution is -2.11. The maximum absolute atomic E-state index is 12.1. The minimum atomic E-state index is -0.461. The summed E-state index contributed by atoms with van der Waals surface area (Å²) >= 11 is 6.63. The molecule has 1 heterocycles. The number of carbonyl (C=O) groups excluding carboxylic acids is 1. The number of para-hydroxylation sites is 3. The molecule has 2 N–H and O–H groups in total. The van der Waals surface area contributed by atoms with Crippen LogP contribution in [0, 0.1) is 0 Å². The molecule has 5 rings (SSSR count). The number of nitrogens with zero attached hydrogens (tertiary/aromatic N) is 1. The van der Waals surface area contributed by atoms with Crippen molar-refractivity contribution in [2.24, 2.45) is 5.73 Å². The molecule has 5 aromatic rings. The molecule has 0 fully saturated rings. The summed E-state index contributed by atoms with van der Waals surface area (Å²) in [5.74, 6) is 1.07. The summed E-state index contributed by atoms with van der Waals surface area (Å²) in [4.78, 5) is 12.1. The van der Waals surface area contributed by atoms with Crippen molar-refractivity contribution >= 4 is 39.3 Å². The first-order valence-corrected chi connectivity index (χ1v) is 10.3. The van der Waals surface area contributed by atoms with Gasteiger partial charge in [0.05, 0.1) is 22.6 Å². The molecule has 0 aliphatic rings. The van der Waals surface area contributed by atoms with Gasteiger partial charge in [-0.3, -0.25) is 4.79 Å². The maximum Gasteiger partial charge on any atom is 0.249 e. The summed E-state index contributed by atoms with van der Waals surface area (Å²) in [6.07, 6.45) is 0. The van der Waals surface area contributed by atoms with Crippen LogP contribution in [0.25, 0.3) is 21.8 Å². The van der Waals surface area contributed by atoms with Gasteiger partial charge in [-0.25, -0.2) is 0 Å². The van der Waals surface area contributed by atoms with Crippen molar-refractivity contribution in [3.8, 4) is 11.5 Å². The normalized spacial score (nSPS) is 11.1. The number of nitrogens with two attached hydrogens (primary N) is 1. The highest BCUT2D eigenvalue weighted by Gasteiger charge is 2.19. The fourth-order valence-corrected chi connectivity index (χ4v) is 4.33. The van der Waals surface area contributed by atoms with Crippen LogP contribution in [0.15, 0.2) is 91.0 Å². The molecule has 0 bridgehead atoms. The molecule has 31 heavy (non-hydrogen) atoms. The Hall–Kier alpha value is -3.76. The monoisotopic (exact) mass is 426 g/mol. The second kappa shape index (κ2) is 7.82. The highest BCUT2D eigenvalue weighted by molar-refractivity contribution is 6.37. The van der Waals surface area contributed by atoms with E-state index in [0.717, 1.165) is 38.9 Å². The molecule has 0 saturated heterocycles. The zero-order chi connectivity index (χ0) is 21.4. The largest absolute Gasteiger partial charge is 0.457 e. The quantitative estimate of drug-likeness (QED) is 0.354. The van der Waals surface area contributed by atoms with Crippen molar-refractivity contribution in [1.82, 2.24) is 4.57 Å². The van der Waals surface area contributed by atoms with Gasteiger partial charge < -0.3 is 15.0 Å². The summed E-state index contributed by atoms with van der Waals surface area (Å²) < 4.78 is 8.27. The average Bonchev–Trinajstić information content (AvgIpc) is 3.11. The zero-order valence-corrected chi connectivity index (χ0v) is 17.3. The minimum absolute atomic E-state index is 0.461. The van der Waals surface area contributed by atoms with E-state index in [1.165, 1.54) is 0 Å². The number of hydrogen-bond donors (Lipinski definition) is 1. The third-order valence-corrected chi connectivity index (χ3v) is 5.70. The van der Waals surface area contributed by atoms with Gasteiger partial charge in [0.1, 0.15) is 11.5 Å². The summed E-state index contributed by atoms with van der Waals surface area (Å²) in [6, 6.07) is 28.9. The van der Waals surface area contributed by atoms with Crippen molar-refractivity contribution in [2.75, 3.05) is 0 Å². The number of halogens is 1. The Labute approximate surface area is 184 Å². The number of aromatic nitrogens is 1. The van der Waals surface area contributed by atoms with Gasteiger partial charge in [0.2, 0.25) is 5.91 Å². The van der Waals surface area contributed by atoms with E-state index in [9.17, 15) is 4.79 Å². The first-order chi connectivity index (χ1) is 15.1. The van der Waals surface area contributed by atoms with Gasteiger partial charge in [-0.1, -0.05) is 66.2 Å². The van der Waals surface area contributed by atoms with E-state index >= 15 is 0 Å². The van der Waals surface area contributed by atoms with Crippen LogP contribution in [0.5, 0.6) is 11.5 Å². The van der Waals surface area contributed by atoms with E-state index in [0.29, 0.717) is 17.1 Å². The van der Waals surface area contributed by atoms with Crippen LogP contribution in [-0.2, 0) is 6.54 Å². The van der Waals surface area contributed by atoms with Gasteiger partial charge in [0, 0.05) is 21.9 Å². The van der Waals surface area contributed by atoms with Gasteiger partial charge in [-0.05, 0) is 36.4 Å². The molecular formula is C26H19ClN2O2. The first-order valence-electron chi connectivity index (χ1n) is 9.93. The number of fused-ring (bicyclic) bond motifs is 3. The Morgan fingerprint density at radius 3 is 2.42 bits per heavy atom. The van der Waals surface area contributed by atoms with E-state index in [1.807, 2.05) is 84.9 Å². The molecule has 4 aromatic carbocycles. The molecule has 0 aliphatic carbocycles. The van der Waals surface area contributed by atoms with Crippen LogP contribution in [0.2, 0.25) is 5.02 Å². The van der Waals surface area contributed by atoms with Gasteiger partial charge in [0.25, 0.3) is 0 Å². The number of hydrogen-bond acceptors (Lipinski definition) is 2. The van der Waals surface area contributed by atoms with Crippen molar-refractivity contribution < 1.29 is 9.53 Å². The first kappa shape index (κ1) is 19.2. The molecule has 1 amide bonds. The van der Waals surface area contributed by atoms with Crippen LogP contribution in [0.1, 0.15) is 15.9 Å². The third-order valence-electron chi connectivity index (χ3n) is 5.40. The molecule has 5 heteroatoms. The highest BCUT2D eigenvalue weighted by Crippen LogP contribution is 2.37. The number of ether oxygens (including phenoxy) is 1. The van der Waals surface area contributed by atoms with Crippen molar-refractivity contribution in [2.45, 2.75) is 6.54 Å². The van der Waals surface area contributed by atoms with Gasteiger partial charge >= 0.3 is 0 Å². The zero-order valence-electron chi connectivity index (χ0n) is 16.6. The third kappa shape index (κ3) is 3.41. The summed E-state index contributed by atoms with van der Waals surface area (Å²) in [7, 11) is 0. The van der Waals surface area contributed by atoms with Crippen LogP contribution >= 0.6 is 11.6 Å². The van der Waals surface area contributed by atoms with Gasteiger partial charge in [0.15, 0.2) is 0 Å². The fraction of sp³-hybridized carbons (Fsp3) is 0.0385. The topological polar surface area (TPSA) is 57.2 Å². The number of benzene rings is 4. The molecule has 0 atom stereocenters. The highest BCUT2D eigenvalue weighted by atomic mass is 35.5. The Balaban J connectivity index is 1.70. The summed E-state index contributed by atoms with van der Waals surface area (Å²) in [5, 5.41) is 2.33. The lowest BCUT2D eigenvalue weighted by atomic mass is 10.1. The van der Waals surface area contributed by atoms with E-state index in [1.54, 1.807) is 6.07 Å². The van der Waals surface area contributed by atoms with Gasteiger partial charge in [-0.15, -0.1) is 0 Å². The summed E-state index contributed by atoms with van der Waals surface area (Å²) in [6.45, 7) is 0.523. The predicted octanol–water partition coefficient (Wildman–Crippen LogP) is 6.39. The maximum atomic E-state index is 12.1. The number of carbonyl (C=O) groups is 1. The van der Waals surface area contributed by atoms with Crippen LogP contribution < -0.4 is 10.5 Å². The Morgan fingerprint density at radius 1 is 0.871 bits per heavy atom. The van der Waals surface area contributed by atoms with Gasteiger partial charge in [-0.2, -0.15) is 0 Å². The van der Waals surface area contributed by atoms with E-state index in [-0.39, 0.29) is 0 Å².